The van der Waals surface area contributed by atoms with E-state index in [4.69, 9.17) is 5.11 Å². The smallest absolute Gasteiger partial charge is 0.334 e. The van der Waals surface area contributed by atoms with Gasteiger partial charge in [0, 0.05) is 20.6 Å². The standard InChI is InChI=1S/C8H15NO5/c1-13-4-3-7(10)9-5-6(14-2)8(11)12/h6H,3-5H2,1-2H3,(H,9,10)(H,11,12). The van der Waals surface area contributed by atoms with Crippen LogP contribution in [0.4, 0.5) is 0 Å². The highest BCUT2D eigenvalue weighted by Crippen LogP contribution is 1.88. The van der Waals surface area contributed by atoms with E-state index in [0.29, 0.717) is 6.61 Å². The van der Waals surface area contributed by atoms with E-state index in [-0.39, 0.29) is 18.9 Å². The summed E-state index contributed by atoms with van der Waals surface area (Å²) in [7, 11) is 2.77. The first-order valence-corrected chi connectivity index (χ1v) is 4.13. The summed E-state index contributed by atoms with van der Waals surface area (Å²) in [6.07, 6.45) is -0.784. The van der Waals surface area contributed by atoms with Gasteiger partial charge in [-0.05, 0) is 0 Å². The van der Waals surface area contributed by atoms with Gasteiger partial charge in [-0.15, -0.1) is 0 Å². The van der Waals surface area contributed by atoms with Crippen molar-refractivity contribution in [1.82, 2.24) is 5.32 Å². The average molecular weight is 205 g/mol. The van der Waals surface area contributed by atoms with E-state index in [9.17, 15) is 9.59 Å². The molecule has 6 nitrogen and oxygen atoms in total. The Kier molecular flexibility index (Phi) is 6.69. The minimum Gasteiger partial charge on any atom is -0.479 e. The number of carbonyl (C=O) groups is 2. The molecule has 0 saturated heterocycles. The minimum atomic E-state index is -1.10. The summed E-state index contributed by atoms with van der Waals surface area (Å²) in [6, 6.07) is 0. The van der Waals surface area contributed by atoms with Crippen LogP contribution in [-0.2, 0) is 19.1 Å². The SMILES string of the molecule is COCCC(=O)NCC(OC)C(=O)O. The summed E-state index contributed by atoms with van der Waals surface area (Å²) < 4.78 is 9.31. The van der Waals surface area contributed by atoms with Gasteiger partial charge in [-0.1, -0.05) is 0 Å². The summed E-state index contributed by atoms with van der Waals surface area (Å²) in [6.45, 7) is 0.283. The number of carbonyl (C=O) groups excluding carboxylic acids is 1. The molecular formula is C8H15NO5. The molecule has 0 aliphatic heterocycles. The van der Waals surface area contributed by atoms with Gasteiger partial charge in [0.1, 0.15) is 0 Å². The molecule has 0 radical (unpaired) electrons. The molecule has 1 amide bonds. The van der Waals surface area contributed by atoms with Crippen molar-refractivity contribution in [3.63, 3.8) is 0 Å². The third kappa shape index (κ3) is 5.50. The van der Waals surface area contributed by atoms with Gasteiger partial charge in [0.25, 0.3) is 0 Å². The van der Waals surface area contributed by atoms with E-state index in [1.165, 1.54) is 14.2 Å². The van der Waals surface area contributed by atoms with Crippen molar-refractivity contribution >= 4 is 11.9 Å². The number of carboxylic acid groups (broad SMARTS) is 1. The normalized spacial score (nSPS) is 12.1. The van der Waals surface area contributed by atoms with E-state index in [1.54, 1.807) is 0 Å². The molecule has 0 aromatic heterocycles. The maximum Gasteiger partial charge on any atom is 0.334 e. The zero-order chi connectivity index (χ0) is 11.0. The molecule has 0 fully saturated rings. The van der Waals surface area contributed by atoms with Crippen LogP contribution >= 0.6 is 0 Å². The monoisotopic (exact) mass is 205 g/mol. The second-order valence-corrected chi connectivity index (χ2v) is 2.61. The van der Waals surface area contributed by atoms with Gasteiger partial charge < -0.3 is 19.9 Å². The zero-order valence-electron chi connectivity index (χ0n) is 8.28. The fourth-order valence-corrected chi connectivity index (χ4v) is 0.761. The molecule has 14 heavy (non-hydrogen) atoms. The second-order valence-electron chi connectivity index (χ2n) is 2.61. The van der Waals surface area contributed by atoms with Crippen LogP contribution in [0, 0.1) is 0 Å². The van der Waals surface area contributed by atoms with Crippen LogP contribution in [0.2, 0.25) is 0 Å². The third-order valence-electron chi connectivity index (χ3n) is 1.58. The van der Waals surface area contributed by atoms with Gasteiger partial charge in [0.15, 0.2) is 6.10 Å². The highest BCUT2D eigenvalue weighted by atomic mass is 16.5. The number of amides is 1. The van der Waals surface area contributed by atoms with Crippen molar-refractivity contribution in [1.29, 1.82) is 0 Å². The summed E-state index contributed by atoms with van der Waals surface area (Å²) in [5.74, 6) is -1.35. The number of carboxylic acids is 1. The molecular weight excluding hydrogens is 190 g/mol. The number of hydrogen-bond acceptors (Lipinski definition) is 4. The Bertz CT molecular complexity index is 194. The number of methoxy groups -OCH3 is 2. The molecule has 0 aliphatic rings. The number of hydrogen-bond donors (Lipinski definition) is 2. The molecule has 0 spiro atoms. The summed E-state index contributed by atoms with van der Waals surface area (Å²) in [5.41, 5.74) is 0. The minimum absolute atomic E-state index is 0.0334. The molecule has 2 N–H and O–H groups in total. The van der Waals surface area contributed by atoms with Crippen LogP contribution in [0.15, 0.2) is 0 Å². The number of nitrogens with one attached hydrogen (secondary N) is 1. The van der Waals surface area contributed by atoms with Crippen LogP contribution < -0.4 is 5.32 Å². The van der Waals surface area contributed by atoms with Crippen molar-refractivity contribution in [2.75, 3.05) is 27.4 Å². The van der Waals surface area contributed by atoms with Crippen molar-refractivity contribution < 1.29 is 24.2 Å². The van der Waals surface area contributed by atoms with Crippen LogP contribution in [0.25, 0.3) is 0 Å². The first kappa shape index (κ1) is 12.9. The molecule has 0 aliphatic carbocycles. The largest absolute Gasteiger partial charge is 0.479 e. The quantitative estimate of drug-likeness (QED) is 0.570. The Labute approximate surface area is 82.2 Å². The number of rotatable bonds is 7. The molecule has 0 heterocycles. The van der Waals surface area contributed by atoms with E-state index >= 15 is 0 Å². The highest BCUT2D eigenvalue weighted by Gasteiger charge is 2.16. The Morgan fingerprint density at radius 1 is 1.43 bits per heavy atom. The van der Waals surface area contributed by atoms with E-state index in [0.717, 1.165) is 0 Å². The lowest BCUT2D eigenvalue weighted by molar-refractivity contribution is -0.148. The molecule has 0 saturated carbocycles. The van der Waals surface area contributed by atoms with Gasteiger partial charge in [-0.3, -0.25) is 4.79 Å². The Morgan fingerprint density at radius 3 is 2.50 bits per heavy atom. The van der Waals surface area contributed by atoms with Gasteiger partial charge in [0.05, 0.1) is 13.2 Å². The lowest BCUT2D eigenvalue weighted by atomic mass is 10.3. The first-order valence-electron chi connectivity index (χ1n) is 4.13. The predicted octanol–water partition coefficient (Wildman–Crippen LogP) is -0.761. The van der Waals surface area contributed by atoms with Gasteiger partial charge in [-0.25, -0.2) is 4.79 Å². The lowest BCUT2D eigenvalue weighted by Gasteiger charge is -2.11. The molecule has 0 rings (SSSR count). The van der Waals surface area contributed by atoms with Crippen LogP contribution in [-0.4, -0.2) is 50.5 Å². The molecule has 0 aromatic rings. The topological polar surface area (TPSA) is 84.9 Å². The van der Waals surface area contributed by atoms with Crippen molar-refractivity contribution in [2.45, 2.75) is 12.5 Å². The van der Waals surface area contributed by atoms with Crippen LogP contribution in [0.3, 0.4) is 0 Å². The summed E-state index contributed by atoms with van der Waals surface area (Å²) >= 11 is 0. The summed E-state index contributed by atoms with van der Waals surface area (Å²) in [4.78, 5) is 21.5. The predicted molar refractivity (Wildman–Crippen MR) is 47.9 cm³/mol. The maximum absolute atomic E-state index is 11.0. The van der Waals surface area contributed by atoms with E-state index < -0.39 is 12.1 Å². The first-order chi connectivity index (χ1) is 6.61. The Balaban J connectivity index is 3.68. The van der Waals surface area contributed by atoms with Crippen molar-refractivity contribution in [3.05, 3.63) is 0 Å². The van der Waals surface area contributed by atoms with Crippen molar-refractivity contribution in [3.8, 4) is 0 Å². The molecule has 0 aromatic carbocycles. The zero-order valence-corrected chi connectivity index (χ0v) is 8.28. The molecule has 1 unspecified atom stereocenters. The molecule has 82 valence electrons. The fraction of sp³-hybridized carbons (Fsp3) is 0.750. The second kappa shape index (κ2) is 7.28. The lowest BCUT2D eigenvalue weighted by Crippen LogP contribution is -2.38. The molecule has 0 bridgehead atoms. The Morgan fingerprint density at radius 2 is 2.07 bits per heavy atom. The third-order valence-corrected chi connectivity index (χ3v) is 1.58. The number of ether oxygens (including phenoxy) is 2. The van der Waals surface area contributed by atoms with Gasteiger partial charge in [-0.2, -0.15) is 0 Å². The summed E-state index contributed by atoms with van der Waals surface area (Å²) in [5, 5.41) is 11.0. The van der Waals surface area contributed by atoms with Gasteiger partial charge >= 0.3 is 5.97 Å². The van der Waals surface area contributed by atoms with Crippen molar-refractivity contribution in [2.24, 2.45) is 0 Å². The fourth-order valence-electron chi connectivity index (χ4n) is 0.761. The molecule has 6 heteroatoms. The average Bonchev–Trinajstić information content (AvgIpc) is 2.15. The van der Waals surface area contributed by atoms with E-state index in [2.05, 4.69) is 14.8 Å². The number of aliphatic carboxylic acids is 1. The highest BCUT2D eigenvalue weighted by molar-refractivity contribution is 5.78. The maximum atomic E-state index is 11.0. The van der Waals surface area contributed by atoms with Crippen LogP contribution in [0.5, 0.6) is 0 Å². The van der Waals surface area contributed by atoms with Gasteiger partial charge in [0.2, 0.25) is 5.91 Å². The van der Waals surface area contributed by atoms with Crippen LogP contribution in [0.1, 0.15) is 6.42 Å². The molecule has 1 atom stereocenters. The van der Waals surface area contributed by atoms with E-state index in [1.807, 2.05) is 0 Å². The Hall–Kier alpha value is -1.14.